The number of allylic oxidation sites excluding steroid dienone is 3. The summed E-state index contributed by atoms with van der Waals surface area (Å²) in [7, 11) is 0. The monoisotopic (exact) mass is 502 g/mol. The van der Waals surface area contributed by atoms with Gasteiger partial charge in [0.1, 0.15) is 22.9 Å². The summed E-state index contributed by atoms with van der Waals surface area (Å²) in [4.78, 5) is 25.1. The van der Waals surface area contributed by atoms with E-state index in [9.17, 15) is 18.4 Å². The van der Waals surface area contributed by atoms with Crippen LogP contribution in [-0.2, 0) is 12.8 Å². The number of hydrazine groups is 1. The van der Waals surface area contributed by atoms with Gasteiger partial charge in [0.2, 0.25) is 6.23 Å². The van der Waals surface area contributed by atoms with Crippen LogP contribution in [0.4, 0.5) is 13.6 Å². The number of nitrogens with two attached hydrogens (primary N) is 1. The quantitative estimate of drug-likeness (QED) is 0.530. The van der Waals surface area contributed by atoms with E-state index in [-0.39, 0.29) is 5.70 Å². The number of nitrogens with one attached hydrogen (secondary N) is 2. The molecule has 184 valence electrons. The third-order valence-corrected chi connectivity index (χ3v) is 6.75. The molecule has 2 aromatic carbocycles. The molecule has 1 unspecified atom stereocenters. The lowest BCUT2D eigenvalue weighted by molar-refractivity contribution is 0.0708. The minimum Gasteiger partial charge on any atom is -0.463 e. The average molecular weight is 503 g/mol. The Morgan fingerprint density at radius 3 is 2.46 bits per heavy atom. The van der Waals surface area contributed by atoms with Crippen molar-refractivity contribution >= 4 is 23.5 Å². The molecule has 1 aliphatic heterocycles. The van der Waals surface area contributed by atoms with Gasteiger partial charge in [-0.15, -0.1) is 0 Å². The number of ether oxygens (including phenoxy) is 1. The summed E-state index contributed by atoms with van der Waals surface area (Å²) in [5.41, 5.74) is 2.60. The van der Waals surface area contributed by atoms with Crippen LogP contribution in [0.15, 0.2) is 58.4 Å². The number of halogens is 3. The molecule has 35 heavy (non-hydrogen) atoms. The molecular weight excluding hydrogens is 478 g/mol. The summed E-state index contributed by atoms with van der Waals surface area (Å²) in [5.74, 6) is 3.51. The van der Waals surface area contributed by atoms with E-state index in [1.54, 1.807) is 13.8 Å². The SMILES string of the molecule is CC1=C(NC(=O)NC(=O)c2c(F)cccc2F)C(Oc2cccc3c2CCCC3)N(N)C(C)=C1Cl. The van der Waals surface area contributed by atoms with Gasteiger partial charge in [-0.2, -0.15) is 0 Å². The van der Waals surface area contributed by atoms with Crippen molar-refractivity contribution < 1.29 is 23.1 Å². The van der Waals surface area contributed by atoms with Crippen LogP contribution in [0.25, 0.3) is 0 Å². The van der Waals surface area contributed by atoms with Gasteiger partial charge in [0.25, 0.3) is 5.91 Å². The van der Waals surface area contributed by atoms with Crippen molar-refractivity contribution in [1.82, 2.24) is 15.6 Å². The van der Waals surface area contributed by atoms with Crippen LogP contribution in [0.1, 0.15) is 48.2 Å². The van der Waals surface area contributed by atoms with Gasteiger partial charge in [-0.25, -0.2) is 19.4 Å². The molecule has 4 rings (SSSR count). The van der Waals surface area contributed by atoms with Gasteiger partial charge < -0.3 is 10.1 Å². The second kappa shape index (κ2) is 10.1. The molecule has 1 heterocycles. The second-order valence-corrected chi connectivity index (χ2v) is 8.80. The fraction of sp³-hybridized carbons (Fsp3) is 0.280. The largest absolute Gasteiger partial charge is 0.463 e. The van der Waals surface area contributed by atoms with Crippen LogP contribution in [0.5, 0.6) is 5.75 Å². The second-order valence-electron chi connectivity index (χ2n) is 8.42. The Hall–Kier alpha value is -3.43. The first-order chi connectivity index (χ1) is 16.7. The molecule has 3 amide bonds. The number of amides is 3. The Labute approximate surface area is 206 Å². The maximum absolute atomic E-state index is 14.0. The maximum Gasteiger partial charge on any atom is 0.326 e. The number of aryl methyl sites for hydroxylation is 1. The van der Waals surface area contributed by atoms with Crippen molar-refractivity contribution in [3.63, 3.8) is 0 Å². The van der Waals surface area contributed by atoms with Crippen LogP contribution in [0.2, 0.25) is 0 Å². The predicted octanol–water partition coefficient (Wildman–Crippen LogP) is 4.62. The number of imide groups is 1. The average Bonchev–Trinajstić information content (AvgIpc) is 2.83. The highest BCUT2D eigenvalue weighted by Gasteiger charge is 2.34. The summed E-state index contributed by atoms with van der Waals surface area (Å²) in [6, 6.07) is 7.75. The van der Waals surface area contributed by atoms with Crippen LogP contribution in [0, 0.1) is 11.6 Å². The smallest absolute Gasteiger partial charge is 0.326 e. The molecule has 7 nitrogen and oxygen atoms in total. The van der Waals surface area contributed by atoms with Crippen LogP contribution in [-0.4, -0.2) is 23.2 Å². The standard InChI is InChI=1S/C25H25ClF2N4O3/c1-13-21(26)14(2)32(29)24(35-19-12-5-8-15-7-3-4-9-16(15)19)22(13)30-25(34)31-23(33)20-17(27)10-6-11-18(20)28/h5-6,8,10-12,24H,3-4,7,9,29H2,1-2H3,(H2,30,31,33,34). The van der Waals surface area contributed by atoms with E-state index >= 15 is 0 Å². The van der Waals surface area contributed by atoms with Crippen molar-refractivity contribution in [2.75, 3.05) is 0 Å². The van der Waals surface area contributed by atoms with Crippen LogP contribution >= 0.6 is 11.6 Å². The summed E-state index contributed by atoms with van der Waals surface area (Å²) in [6.45, 7) is 3.38. The normalized spacial score (nSPS) is 17.8. The highest BCUT2D eigenvalue weighted by atomic mass is 35.5. The molecule has 1 aliphatic carbocycles. The third-order valence-electron chi connectivity index (χ3n) is 6.19. The van der Waals surface area contributed by atoms with E-state index in [0.29, 0.717) is 22.1 Å². The molecule has 0 saturated heterocycles. The highest BCUT2D eigenvalue weighted by molar-refractivity contribution is 6.32. The number of hydrogen-bond acceptors (Lipinski definition) is 5. The van der Waals surface area contributed by atoms with Gasteiger partial charge >= 0.3 is 6.03 Å². The number of fused-ring (bicyclic) bond motifs is 1. The van der Waals surface area contributed by atoms with E-state index < -0.39 is 35.4 Å². The van der Waals surface area contributed by atoms with E-state index in [4.69, 9.17) is 22.2 Å². The molecule has 0 saturated carbocycles. The third kappa shape index (κ3) is 4.87. The van der Waals surface area contributed by atoms with Crippen molar-refractivity contribution in [3.05, 3.63) is 86.7 Å². The molecule has 0 radical (unpaired) electrons. The molecular formula is C25H25ClF2N4O3. The molecule has 0 fully saturated rings. The number of urea groups is 1. The summed E-state index contributed by atoms with van der Waals surface area (Å²) < 4.78 is 34.2. The lowest BCUT2D eigenvalue weighted by Crippen LogP contribution is -2.53. The fourth-order valence-electron chi connectivity index (χ4n) is 4.29. The van der Waals surface area contributed by atoms with Gasteiger partial charge in [0.15, 0.2) is 0 Å². The summed E-state index contributed by atoms with van der Waals surface area (Å²) >= 11 is 6.42. The van der Waals surface area contributed by atoms with Crippen molar-refractivity contribution in [3.8, 4) is 5.75 Å². The minimum atomic E-state index is -1.23. The van der Waals surface area contributed by atoms with E-state index in [1.807, 2.05) is 17.4 Å². The molecule has 0 spiro atoms. The molecule has 4 N–H and O–H groups in total. The molecule has 0 aromatic heterocycles. The molecule has 0 bridgehead atoms. The molecule has 10 heteroatoms. The van der Waals surface area contributed by atoms with Crippen molar-refractivity contribution in [2.24, 2.45) is 5.84 Å². The van der Waals surface area contributed by atoms with Crippen LogP contribution in [0.3, 0.4) is 0 Å². The Kier molecular flexibility index (Phi) is 7.09. The number of nitrogens with zero attached hydrogens (tertiary/aromatic N) is 1. The Morgan fingerprint density at radius 2 is 1.74 bits per heavy atom. The zero-order valence-corrected chi connectivity index (χ0v) is 20.0. The van der Waals surface area contributed by atoms with E-state index in [1.165, 1.54) is 10.6 Å². The van der Waals surface area contributed by atoms with E-state index in [2.05, 4.69) is 11.4 Å². The highest BCUT2D eigenvalue weighted by Crippen LogP contribution is 2.35. The van der Waals surface area contributed by atoms with Gasteiger partial charge in [0.05, 0.1) is 10.7 Å². The maximum atomic E-state index is 14.0. The first-order valence-electron chi connectivity index (χ1n) is 11.1. The number of carbonyl (C=O) groups is 2. The predicted molar refractivity (Wildman–Crippen MR) is 127 cm³/mol. The molecule has 2 aromatic rings. The number of rotatable bonds is 4. The zero-order chi connectivity index (χ0) is 25.3. The molecule has 2 aliphatic rings. The van der Waals surface area contributed by atoms with Crippen molar-refractivity contribution in [1.29, 1.82) is 0 Å². The Bertz CT molecular complexity index is 1240. The number of hydrogen-bond donors (Lipinski definition) is 3. The van der Waals surface area contributed by atoms with Crippen molar-refractivity contribution in [2.45, 2.75) is 45.8 Å². The van der Waals surface area contributed by atoms with Gasteiger partial charge in [-0.1, -0.05) is 29.8 Å². The van der Waals surface area contributed by atoms with E-state index in [0.717, 1.165) is 49.4 Å². The summed E-state index contributed by atoms with van der Waals surface area (Å²) in [5, 5.41) is 6.06. The Balaban J connectivity index is 1.61. The first kappa shape index (κ1) is 24.7. The zero-order valence-electron chi connectivity index (χ0n) is 19.3. The lowest BCUT2D eigenvalue weighted by atomic mass is 9.91. The fourth-order valence-corrected chi connectivity index (χ4v) is 4.48. The minimum absolute atomic E-state index is 0.191. The first-order valence-corrected chi connectivity index (χ1v) is 11.5. The number of benzene rings is 2. The lowest BCUT2D eigenvalue weighted by Gasteiger charge is -2.37. The molecule has 1 atom stereocenters. The van der Waals surface area contributed by atoms with Gasteiger partial charge in [0, 0.05) is 5.70 Å². The number of carbonyl (C=O) groups excluding carboxylic acids is 2. The van der Waals surface area contributed by atoms with Gasteiger partial charge in [-0.05, 0) is 74.4 Å². The van der Waals surface area contributed by atoms with Crippen LogP contribution < -0.4 is 21.2 Å². The topological polar surface area (TPSA) is 96.7 Å². The van der Waals surface area contributed by atoms with Gasteiger partial charge in [-0.3, -0.25) is 15.1 Å². The Morgan fingerprint density at radius 1 is 1.09 bits per heavy atom. The summed E-state index contributed by atoms with van der Waals surface area (Å²) in [6.07, 6.45) is 2.96.